The van der Waals surface area contributed by atoms with E-state index in [9.17, 15) is 9.59 Å². The van der Waals surface area contributed by atoms with Gasteiger partial charge in [-0.15, -0.1) is 11.3 Å². The lowest BCUT2D eigenvalue weighted by Crippen LogP contribution is -2.51. The summed E-state index contributed by atoms with van der Waals surface area (Å²) in [7, 11) is 0. The van der Waals surface area contributed by atoms with Crippen molar-refractivity contribution in [3.05, 3.63) is 16.1 Å². The van der Waals surface area contributed by atoms with E-state index in [2.05, 4.69) is 4.90 Å². The molecule has 1 aromatic heterocycles. The van der Waals surface area contributed by atoms with E-state index in [0.29, 0.717) is 30.6 Å². The molecular formula is C24H35N3O4S. The molecule has 0 N–H and O–H groups in total. The summed E-state index contributed by atoms with van der Waals surface area (Å²) in [6.45, 7) is 4.41. The minimum atomic E-state index is -0.481. The number of nitrogens with zero attached hydrogens (tertiary/aromatic N) is 3. The van der Waals surface area contributed by atoms with E-state index in [1.54, 1.807) is 11.3 Å². The summed E-state index contributed by atoms with van der Waals surface area (Å²) in [5.41, 5.74) is 0.562. The Bertz CT molecular complexity index is 798. The van der Waals surface area contributed by atoms with E-state index in [1.165, 1.54) is 19.3 Å². The maximum absolute atomic E-state index is 13.0. The monoisotopic (exact) mass is 461 g/mol. The highest BCUT2D eigenvalue weighted by Crippen LogP contribution is 2.34. The van der Waals surface area contributed by atoms with Gasteiger partial charge in [-0.05, 0) is 32.1 Å². The molecule has 7 nitrogen and oxygen atoms in total. The number of aromatic nitrogens is 1. The van der Waals surface area contributed by atoms with Crippen molar-refractivity contribution in [1.82, 2.24) is 14.8 Å². The molecule has 0 aromatic carbocycles. The third-order valence-electron chi connectivity index (χ3n) is 7.68. The van der Waals surface area contributed by atoms with Gasteiger partial charge in [0.05, 0.1) is 18.2 Å². The molecule has 5 rings (SSSR count). The van der Waals surface area contributed by atoms with Crippen molar-refractivity contribution >= 4 is 23.2 Å². The number of amides is 2. The topological polar surface area (TPSA) is 72.0 Å². The van der Waals surface area contributed by atoms with Gasteiger partial charge in [-0.25, -0.2) is 4.98 Å². The summed E-state index contributed by atoms with van der Waals surface area (Å²) in [6, 6.07) is 0. The molecular weight excluding hydrogens is 426 g/mol. The first kappa shape index (κ1) is 22.3. The van der Waals surface area contributed by atoms with Crippen LogP contribution in [0.1, 0.15) is 85.6 Å². The van der Waals surface area contributed by atoms with Crippen molar-refractivity contribution in [2.24, 2.45) is 5.92 Å². The maximum atomic E-state index is 13.0. The molecule has 4 heterocycles. The lowest BCUT2D eigenvalue weighted by Gasteiger charge is -2.43. The predicted molar refractivity (Wildman–Crippen MR) is 122 cm³/mol. The lowest BCUT2D eigenvalue weighted by molar-refractivity contribution is -0.281. The summed E-state index contributed by atoms with van der Waals surface area (Å²) in [5.74, 6) is 0.504. The van der Waals surface area contributed by atoms with E-state index in [0.717, 1.165) is 76.3 Å². The number of ether oxygens (including phenoxy) is 2. The summed E-state index contributed by atoms with van der Waals surface area (Å²) in [4.78, 5) is 34.5. The van der Waals surface area contributed by atoms with Crippen LogP contribution in [0.15, 0.2) is 5.38 Å². The van der Waals surface area contributed by atoms with Crippen LogP contribution >= 0.6 is 11.3 Å². The average Bonchev–Trinajstić information content (AvgIpc) is 3.35. The molecule has 1 aliphatic carbocycles. The van der Waals surface area contributed by atoms with Crippen LogP contribution in [0.2, 0.25) is 0 Å². The Kier molecular flexibility index (Phi) is 6.81. The Labute approximate surface area is 194 Å². The number of carbonyl (C=O) groups is 2. The number of thiazole rings is 1. The van der Waals surface area contributed by atoms with Gasteiger partial charge < -0.3 is 19.3 Å². The van der Waals surface area contributed by atoms with Crippen LogP contribution in [-0.2, 0) is 14.3 Å². The number of likely N-dealkylation sites (tertiary alicyclic amines) is 2. The SMILES string of the molecule is O=C(c1csc(C2CCN(C(=O)C3CCCCC3)CC2)n1)N1CCC2(CC1)OCCCO2. The van der Waals surface area contributed by atoms with E-state index in [4.69, 9.17) is 14.5 Å². The van der Waals surface area contributed by atoms with Crippen molar-refractivity contribution in [3.63, 3.8) is 0 Å². The predicted octanol–water partition coefficient (Wildman–Crippen LogP) is 3.80. The van der Waals surface area contributed by atoms with E-state index < -0.39 is 5.79 Å². The van der Waals surface area contributed by atoms with Gasteiger partial charge >= 0.3 is 0 Å². The van der Waals surface area contributed by atoms with Crippen molar-refractivity contribution in [1.29, 1.82) is 0 Å². The van der Waals surface area contributed by atoms with Gasteiger partial charge in [0.2, 0.25) is 5.91 Å². The van der Waals surface area contributed by atoms with Crippen molar-refractivity contribution in [3.8, 4) is 0 Å². The summed E-state index contributed by atoms with van der Waals surface area (Å²) >= 11 is 1.60. The van der Waals surface area contributed by atoms with Crippen LogP contribution in [0.5, 0.6) is 0 Å². The average molecular weight is 462 g/mol. The van der Waals surface area contributed by atoms with E-state index in [-0.39, 0.29) is 11.8 Å². The van der Waals surface area contributed by atoms with Gasteiger partial charge in [0, 0.05) is 56.2 Å². The van der Waals surface area contributed by atoms with Gasteiger partial charge in [-0.2, -0.15) is 0 Å². The first-order valence-corrected chi connectivity index (χ1v) is 13.3. The zero-order valence-electron chi connectivity index (χ0n) is 18.9. The Hall–Kier alpha value is -1.51. The fraction of sp³-hybridized carbons (Fsp3) is 0.792. The molecule has 4 aliphatic rings. The highest BCUT2D eigenvalue weighted by atomic mass is 32.1. The van der Waals surface area contributed by atoms with E-state index in [1.807, 2.05) is 10.3 Å². The molecule has 176 valence electrons. The molecule has 3 aliphatic heterocycles. The van der Waals surface area contributed by atoms with Crippen molar-refractivity contribution in [2.45, 2.75) is 75.9 Å². The second-order valence-electron chi connectivity index (χ2n) is 9.76. The summed E-state index contributed by atoms with van der Waals surface area (Å²) < 4.78 is 11.8. The van der Waals surface area contributed by atoms with Crippen LogP contribution < -0.4 is 0 Å². The normalized spacial score (nSPS) is 25.2. The Balaban J connectivity index is 1.12. The Morgan fingerprint density at radius 3 is 2.28 bits per heavy atom. The minimum absolute atomic E-state index is 0.0167. The molecule has 0 atom stereocenters. The first-order chi connectivity index (χ1) is 15.6. The smallest absolute Gasteiger partial charge is 0.273 e. The zero-order chi connectivity index (χ0) is 22.0. The number of carbonyl (C=O) groups excluding carboxylic acids is 2. The number of hydrogen-bond donors (Lipinski definition) is 0. The van der Waals surface area contributed by atoms with Gasteiger partial charge in [0.25, 0.3) is 5.91 Å². The molecule has 4 fully saturated rings. The quantitative estimate of drug-likeness (QED) is 0.685. The van der Waals surface area contributed by atoms with Gasteiger partial charge in [0.15, 0.2) is 5.79 Å². The standard InChI is InChI=1S/C24H35N3O4S/c28-22(19-5-2-1-3-6-19)26-11-7-18(8-12-26)21-25-20(17-32-21)23(29)27-13-9-24(10-14-27)30-15-4-16-31-24/h17-19H,1-16H2. The fourth-order valence-corrected chi connectivity index (χ4v) is 6.61. The molecule has 2 amide bonds. The summed E-state index contributed by atoms with van der Waals surface area (Å²) in [5, 5.41) is 2.96. The van der Waals surface area contributed by atoms with Gasteiger partial charge in [-0.1, -0.05) is 19.3 Å². The van der Waals surface area contributed by atoms with E-state index >= 15 is 0 Å². The third-order valence-corrected chi connectivity index (χ3v) is 8.69. The second-order valence-corrected chi connectivity index (χ2v) is 10.6. The van der Waals surface area contributed by atoms with Gasteiger partial charge in [0.1, 0.15) is 5.69 Å². The summed E-state index contributed by atoms with van der Waals surface area (Å²) in [6.07, 6.45) is 10.1. The van der Waals surface area contributed by atoms with Crippen LogP contribution in [-0.4, -0.2) is 71.8 Å². The minimum Gasteiger partial charge on any atom is -0.350 e. The zero-order valence-corrected chi connectivity index (χ0v) is 19.7. The molecule has 0 radical (unpaired) electrons. The van der Waals surface area contributed by atoms with Gasteiger partial charge in [-0.3, -0.25) is 9.59 Å². The third kappa shape index (κ3) is 4.73. The molecule has 0 unspecified atom stereocenters. The van der Waals surface area contributed by atoms with Crippen molar-refractivity contribution in [2.75, 3.05) is 39.4 Å². The molecule has 3 saturated heterocycles. The lowest BCUT2D eigenvalue weighted by atomic mass is 9.87. The van der Waals surface area contributed by atoms with Crippen LogP contribution in [0.4, 0.5) is 0 Å². The molecule has 1 saturated carbocycles. The highest BCUT2D eigenvalue weighted by Gasteiger charge is 2.40. The van der Waals surface area contributed by atoms with Crippen LogP contribution in [0.3, 0.4) is 0 Å². The largest absolute Gasteiger partial charge is 0.350 e. The Morgan fingerprint density at radius 2 is 1.59 bits per heavy atom. The number of hydrogen-bond acceptors (Lipinski definition) is 6. The van der Waals surface area contributed by atoms with Crippen molar-refractivity contribution < 1.29 is 19.1 Å². The second kappa shape index (κ2) is 9.77. The number of rotatable bonds is 3. The molecule has 32 heavy (non-hydrogen) atoms. The highest BCUT2D eigenvalue weighted by molar-refractivity contribution is 7.09. The fourth-order valence-electron chi connectivity index (χ4n) is 5.65. The van der Waals surface area contributed by atoms with Crippen LogP contribution in [0, 0.1) is 5.92 Å². The Morgan fingerprint density at radius 1 is 0.906 bits per heavy atom. The van der Waals surface area contributed by atoms with Crippen LogP contribution in [0.25, 0.3) is 0 Å². The number of piperidine rings is 2. The molecule has 0 bridgehead atoms. The molecule has 1 aromatic rings. The molecule has 1 spiro atoms. The first-order valence-electron chi connectivity index (χ1n) is 12.4. The maximum Gasteiger partial charge on any atom is 0.273 e. The molecule has 8 heteroatoms.